The highest BCUT2D eigenvalue weighted by molar-refractivity contribution is 6.31. The molecule has 2 unspecified atom stereocenters. The molecule has 3 rings (SSSR count). The van der Waals surface area contributed by atoms with Gasteiger partial charge in [0.15, 0.2) is 0 Å². The van der Waals surface area contributed by atoms with Crippen molar-refractivity contribution >= 4 is 11.6 Å². The Bertz CT molecular complexity index is 431. The van der Waals surface area contributed by atoms with Crippen LogP contribution in [0, 0.1) is 0 Å². The summed E-state index contributed by atoms with van der Waals surface area (Å²) < 4.78 is 5.42. The zero-order valence-corrected chi connectivity index (χ0v) is 12.2. The lowest BCUT2D eigenvalue weighted by Gasteiger charge is -2.38. The maximum atomic E-state index is 6.25. The molecule has 0 heterocycles. The molecule has 1 N–H and O–H groups in total. The molecule has 2 nitrogen and oxygen atoms in total. The lowest BCUT2D eigenvalue weighted by atomic mass is 9.75. The Kier molecular flexibility index (Phi) is 4.11. The molecule has 2 aliphatic rings. The van der Waals surface area contributed by atoms with Crippen molar-refractivity contribution < 1.29 is 4.74 Å². The summed E-state index contributed by atoms with van der Waals surface area (Å²) in [6, 6.07) is 9.58. The second-order valence-corrected chi connectivity index (χ2v) is 6.33. The molecule has 0 aliphatic heterocycles. The Labute approximate surface area is 120 Å². The highest BCUT2D eigenvalue weighted by Crippen LogP contribution is 2.40. The maximum Gasteiger partial charge on any atom is 0.0586 e. The Balaban J connectivity index is 1.47. The quantitative estimate of drug-likeness (QED) is 0.906. The van der Waals surface area contributed by atoms with Crippen molar-refractivity contribution in [2.45, 2.75) is 56.2 Å². The highest BCUT2D eigenvalue weighted by Gasteiger charge is 2.34. The summed E-state index contributed by atoms with van der Waals surface area (Å²) in [4.78, 5) is 0. The van der Waals surface area contributed by atoms with E-state index in [0.29, 0.717) is 24.1 Å². The van der Waals surface area contributed by atoms with Gasteiger partial charge in [-0.15, -0.1) is 0 Å². The first kappa shape index (κ1) is 13.4. The third-order valence-electron chi connectivity index (χ3n) is 4.67. The van der Waals surface area contributed by atoms with Crippen molar-refractivity contribution in [3.05, 3.63) is 34.9 Å². The van der Waals surface area contributed by atoms with Crippen LogP contribution in [0.5, 0.6) is 0 Å². The average molecular weight is 280 g/mol. The Hall–Kier alpha value is -0.570. The number of benzene rings is 1. The number of rotatable bonds is 4. The Morgan fingerprint density at radius 2 is 1.89 bits per heavy atom. The minimum atomic E-state index is 0.469. The van der Waals surface area contributed by atoms with Crippen LogP contribution in [-0.4, -0.2) is 25.3 Å². The van der Waals surface area contributed by atoms with Gasteiger partial charge in [0, 0.05) is 24.2 Å². The molecule has 19 heavy (non-hydrogen) atoms. The standard InChI is InChI=1S/C16H22ClNO/c1-19-14-7-6-12(10-14)18-13-8-11(9-13)15-4-2-3-5-16(15)17/h2-5,11-14,18H,6-10H2,1H3. The lowest BCUT2D eigenvalue weighted by molar-refractivity contribution is 0.105. The molecule has 0 saturated heterocycles. The number of hydrogen-bond acceptors (Lipinski definition) is 2. The highest BCUT2D eigenvalue weighted by atomic mass is 35.5. The van der Waals surface area contributed by atoms with Crippen LogP contribution in [-0.2, 0) is 4.74 Å². The summed E-state index contributed by atoms with van der Waals surface area (Å²) in [5.74, 6) is 0.644. The number of methoxy groups -OCH3 is 1. The number of hydrogen-bond donors (Lipinski definition) is 1. The third-order valence-corrected chi connectivity index (χ3v) is 5.02. The van der Waals surface area contributed by atoms with E-state index < -0.39 is 0 Å². The van der Waals surface area contributed by atoms with Gasteiger partial charge in [-0.1, -0.05) is 29.8 Å². The van der Waals surface area contributed by atoms with E-state index in [1.165, 1.54) is 37.7 Å². The first-order valence-electron chi connectivity index (χ1n) is 7.29. The molecule has 2 atom stereocenters. The second-order valence-electron chi connectivity index (χ2n) is 5.92. The fourth-order valence-electron chi connectivity index (χ4n) is 3.45. The van der Waals surface area contributed by atoms with E-state index in [4.69, 9.17) is 16.3 Å². The van der Waals surface area contributed by atoms with E-state index in [9.17, 15) is 0 Å². The minimum absolute atomic E-state index is 0.469. The van der Waals surface area contributed by atoms with E-state index in [-0.39, 0.29) is 0 Å². The van der Waals surface area contributed by atoms with E-state index in [0.717, 1.165) is 5.02 Å². The van der Waals surface area contributed by atoms with Gasteiger partial charge >= 0.3 is 0 Å². The van der Waals surface area contributed by atoms with Gasteiger partial charge in [-0.3, -0.25) is 0 Å². The molecule has 104 valence electrons. The fourth-order valence-corrected chi connectivity index (χ4v) is 3.74. The van der Waals surface area contributed by atoms with Crippen LogP contribution >= 0.6 is 11.6 Å². The van der Waals surface area contributed by atoms with E-state index in [1.807, 2.05) is 19.2 Å². The molecule has 3 heteroatoms. The summed E-state index contributed by atoms with van der Waals surface area (Å²) in [6.07, 6.45) is 6.54. The van der Waals surface area contributed by atoms with Crippen LogP contribution in [0.1, 0.15) is 43.6 Å². The van der Waals surface area contributed by atoms with Crippen LogP contribution in [0.2, 0.25) is 5.02 Å². The monoisotopic (exact) mass is 279 g/mol. The third kappa shape index (κ3) is 2.96. The van der Waals surface area contributed by atoms with Crippen molar-refractivity contribution in [1.82, 2.24) is 5.32 Å². The first-order valence-corrected chi connectivity index (χ1v) is 7.67. The topological polar surface area (TPSA) is 21.3 Å². The van der Waals surface area contributed by atoms with Crippen LogP contribution in [0.4, 0.5) is 0 Å². The van der Waals surface area contributed by atoms with Crippen LogP contribution in [0.25, 0.3) is 0 Å². The molecule has 0 radical (unpaired) electrons. The molecular formula is C16H22ClNO. The van der Waals surface area contributed by atoms with E-state index in [1.54, 1.807) is 0 Å². The van der Waals surface area contributed by atoms with Crippen molar-refractivity contribution in [3.63, 3.8) is 0 Å². The molecule has 2 fully saturated rings. The van der Waals surface area contributed by atoms with Crippen LogP contribution in [0.15, 0.2) is 24.3 Å². The summed E-state index contributed by atoms with van der Waals surface area (Å²) in [5, 5.41) is 4.70. The van der Waals surface area contributed by atoms with Gasteiger partial charge in [0.2, 0.25) is 0 Å². The van der Waals surface area contributed by atoms with Crippen molar-refractivity contribution in [1.29, 1.82) is 0 Å². The molecule has 2 saturated carbocycles. The normalized spacial score (nSPS) is 34.2. The van der Waals surface area contributed by atoms with Gasteiger partial charge in [-0.2, -0.15) is 0 Å². The van der Waals surface area contributed by atoms with Crippen LogP contribution in [0.3, 0.4) is 0 Å². The van der Waals surface area contributed by atoms with E-state index in [2.05, 4.69) is 17.4 Å². The van der Waals surface area contributed by atoms with Gasteiger partial charge in [-0.05, 0) is 49.7 Å². The van der Waals surface area contributed by atoms with Gasteiger partial charge < -0.3 is 10.1 Å². The summed E-state index contributed by atoms with van der Waals surface area (Å²) in [5.41, 5.74) is 1.32. The number of halogens is 1. The molecule has 0 amide bonds. The molecule has 1 aromatic rings. The molecule has 0 aromatic heterocycles. The van der Waals surface area contributed by atoms with Crippen LogP contribution < -0.4 is 5.32 Å². The predicted molar refractivity (Wildman–Crippen MR) is 78.8 cm³/mol. The molecule has 1 aromatic carbocycles. The van der Waals surface area contributed by atoms with Gasteiger partial charge in [-0.25, -0.2) is 0 Å². The zero-order chi connectivity index (χ0) is 13.2. The summed E-state index contributed by atoms with van der Waals surface area (Å²) >= 11 is 6.25. The minimum Gasteiger partial charge on any atom is -0.381 e. The lowest BCUT2D eigenvalue weighted by Crippen LogP contribution is -2.44. The van der Waals surface area contributed by atoms with E-state index >= 15 is 0 Å². The summed E-state index contributed by atoms with van der Waals surface area (Å²) in [6.45, 7) is 0. The van der Waals surface area contributed by atoms with Crippen molar-refractivity contribution in [3.8, 4) is 0 Å². The number of nitrogens with one attached hydrogen (secondary N) is 1. The Morgan fingerprint density at radius 1 is 1.11 bits per heavy atom. The number of ether oxygens (including phenoxy) is 1. The SMILES string of the molecule is COC1CCC(NC2CC(c3ccccc3Cl)C2)C1. The predicted octanol–water partition coefficient (Wildman–Crippen LogP) is 3.74. The van der Waals surface area contributed by atoms with Crippen molar-refractivity contribution in [2.24, 2.45) is 0 Å². The average Bonchev–Trinajstić information content (AvgIpc) is 2.82. The molecule has 0 bridgehead atoms. The second kappa shape index (κ2) is 5.82. The van der Waals surface area contributed by atoms with Gasteiger partial charge in [0.1, 0.15) is 0 Å². The largest absolute Gasteiger partial charge is 0.381 e. The fraction of sp³-hybridized carbons (Fsp3) is 0.625. The molecule has 2 aliphatic carbocycles. The maximum absolute atomic E-state index is 6.25. The van der Waals surface area contributed by atoms with Gasteiger partial charge in [0.05, 0.1) is 6.10 Å². The van der Waals surface area contributed by atoms with Gasteiger partial charge in [0.25, 0.3) is 0 Å². The molecular weight excluding hydrogens is 258 g/mol. The Morgan fingerprint density at radius 3 is 2.58 bits per heavy atom. The smallest absolute Gasteiger partial charge is 0.0586 e. The van der Waals surface area contributed by atoms with Crippen molar-refractivity contribution in [2.75, 3.05) is 7.11 Å². The first-order chi connectivity index (χ1) is 9.26. The summed E-state index contributed by atoms with van der Waals surface area (Å²) in [7, 11) is 1.82. The molecule has 0 spiro atoms. The zero-order valence-electron chi connectivity index (χ0n) is 11.4.